The molecule has 144 valence electrons. The standard InChI is InChI=1S/C25H23N3O/c1-27(17-21-16-26-28(19-21)18-20-8-3-2-4-9-20)25(29)15-14-23-12-7-11-22-10-5-6-13-24(22)23/h2-16,19H,17-18H2,1H3. The molecule has 0 bridgehead atoms. The molecule has 0 fully saturated rings. The zero-order valence-corrected chi connectivity index (χ0v) is 16.4. The summed E-state index contributed by atoms with van der Waals surface area (Å²) in [7, 11) is 1.81. The number of carbonyl (C=O) groups is 1. The lowest BCUT2D eigenvalue weighted by atomic mass is 10.0. The van der Waals surface area contributed by atoms with Crippen molar-refractivity contribution in [2.24, 2.45) is 0 Å². The van der Waals surface area contributed by atoms with E-state index in [2.05, 4.69) is 35.4 Å². The van der Waals surface area contributed by atoms with Crippen molar-refractivity contribution in [3.05, 3.63) is 108 Å². The molecule has 4 heteroatoms. The molecule has 0 saturated carbocycles. The molecular formula is C25H23N3O. The van der Waals surface area contributed by atoms with Crippen LogP contribution in [0.2, 0.25) is 0 Å². The third-order valence-electron chi connectivity index (χ3n) is 4.90. The molecule has 0 atom stereocenters. The molecule has 3 aromatic carbocycles. The van der Waals surface area contributed by atoms with E-state index in [9.17, 15) is 4.79 Å². The van der Waals surface area contributed by atoms with E-state index < -0.39 is 0 Å². The third-order valence-corrected chi connectivity index (χ3v) is 4.90. The van der Waals surface area contributed by atoms with Gasteiger partial charge in [-0.2, -0.15) is 5.10 Å². The summed E-state index contributed by atoms with van der Waals surface area (Å²) < 4.78 is 1.90. The lowest BCUT2D eigenvalue weighted by molar-refractivity contribution is -0.125. The van der Waals surface area contributed by atoms with E-state index >= 15 is 0 Å². The highest BCUT2D eigenvalue weighted by Crippen LogP contribution is 2.19. The van der Waals surface area contributed by atoms with E-state index in [0.717, 1.165) is 23.1 Å². The van der Waals surface area contributed by atoms with Gasteiger partial charge in [0, 0.05) is 31.4 Å². The Morgan fingerprint density at radius 3 is 2.59 bits per heavy atom. The lowest BCUT2D eigenvalue weighted by Gasteiger charge is -2.13. The molecule has 0 aliphatic heterocycles. The van der Waals surface area contributed by atoms with E-state index in [4.69, 9.17) is 0 Å². The van der Waals surface area contributed by atoms with Crippen LogP contribution in [0.4, 0.5) is 0 Å². The summed E-state index contributed by atoms with van der Waals surface area (Å²) in [6.07, 6.45) is 7.34. The number of nitrogens with zero attached hydrogens (tertiary/aromatic N) is 3. The van der Waals surface area contributed by atoms with Crippen LogP contribution in [-0.2, 0) is 17.9 Å². The Balaban J connectivity index is 1.40. The van der Waals surface area contributed by atoms with Crippen LogP contribution in [0.5, 0.6) is 0 Å². The molecular weight excluding hydrogens is 358 g/mol. The topological polar surface area (TPSA) is 38.1 Å². The molecule has 4 nitrogen and oxygen atoms in total. The number of amides is 1. The van der Waals surface area contributed by atoms with Crippen LogP contribution in [0, 0.1) is 0 Å². The smallest absolute Gasteiger partial charge is 0.246 e. The summed E-state index contributed by atoms with van der Waals surface area (Å²) in [5.41, 5.74) is 3.25. The minimum atomic E-state index is -0.0336. The van der Waals surface area contributed by atoms with Crippen molar-refractivity contribution >= 4 is 22.8 Å². The van der Waals surface area contributed by atoms with Crippen LogP contribution in [0.3, 0.4) is 0 Å². The highest BCUT2D eigenvalue weighted by Gasteiger charge is 2.08. The lowest BCUT2D eigenvalue weighted by Crippen LogP contribution is -2.23. The van der Waals surface area contributed by atoms with E-state index in [1.807, 2.05) is 72.7 Å². The molecule has 0 aliphatic carbocycles. The van der Waals surface area contributed by atoms with Crippen molar-refractivity contribution in [2.45, 2.75) is 13.1 Å². The Morgan fingerprint density at radius 1 is 0.966 bits per heavy atom. The van der Waals surface area contributed by atoms with Crippen LogP contribution >= 0.6 is 0 Å². The van der Waals surface area contributed by atoms with Crippen LogP contribution in [-0.4, -0.2) is 27.6 Å². The normalized spacial score (nSPS) is 11.2. The Kier molecular flexibility index (Phi) is 5.52. The quantitative estimate of drug-likeness (QED) is 0.452. The fourth-order valence-electron chi connectivity index (χ4n) is 3.38. The molecule has 29 heavy (non-hydrogen) atoms. The van der Waals surface area contributed by atoms with Crippen LogP contribution in [0.15, 0.2) is 91.3 Å². The monoisotopic (exact) mass is 381 g/mol. The first-order valence-corrected chi connectivity index (χ1v) is 9.65. The average Bonchev–Trinajstić information content (AvgIpc) is 3.19. The largest absolute Gasteiger partial charge is 0.338 e. The molecule has 0 saturated heterocycles. The molecule has 0 N–H and O–H groups in total. The second-order valence-corrected chi connectivity index (χ2v) is 7.13. The molecule has 1 amide bonds. The highest BCUT2D eigenvalue weighted by atomic mass is 16.2. The average molecular weight is 381 g/mol. The number of hydrogen-bond donors (Lipinski definition) is 0. The van der Waals surface area contributed by atoms with Crippen LogP contribution < -0.4 is 0 Å². The Hall–Kier alpha value is -3.66. The zero-order chi connectivity index (χ0) is 20.1. The zero-order valence-electron chi connectivity index (χ0n) is 16.4. The number of benzene rings is 3. The van der Waals surface area contributed by atoms with Gasteiger partial charge in [0.15, 0.2) is 0 Å². The van der Waals surface area contributed by atoms with Gasteiger partial charge in [-0.15, -0.1) is 0 Å². The number of rotatable bonds is 6. The summed E-state index contributed by atoms with van der Waals surface area (Å²) in [5.74, 6) is -0.0336. The third kappa shape index (κ3) is 4.61. The van der Waals surface area contributed by atoms with Gasteiger partial charge < -0.3 is 4.90 Å². The highest BCUT2D eigenvalue weighted by molar-refractivity contribution is 5.96. The van der Waals surface area contributed by atoms with Crippen molar-refractivity contribution < 1.29 is 4.79 Å². The maximum atomic E-state index is 12.6. The minimum absolute atomic E-state index is 0.0336. The molecule has 0 radical (unpaired) electrons. The Labute approximate surface area is 170 Å². The number of fused-ring (bicyclic) bond motifs is 1. The fourth-order valence-corrected chi connectivity index (χ4v) is 3.38. The van der Waals surface area contributed by atoms with E-state index in [0.29, 0.717) is 6.54 Å². The Bertz CT molecular complexity index is 1140. The fraction of sp³-hybridized carbons (Fsp3) is 0.120. The second-order valence-electron chi connectivity index (χ2n) is 7.13. The maximum absolute atomic E-state index is 12.6. The molecule has 1 heterocycles. The van der Waals surface area contributed by atoms with Gasteiger partial charge in [-0.05, 0) is 28.0 Å². The summed E-state index contributed by atoms with van der Waals surface area (Å²) in [6, 6.07) is 24.5. The van der Waals surface area contributed by atoms with Gasteiger partial charge in [0.2, 0.25) is 5.91 Å². The summed E-state index contributed by atoms with van der Waals surface area (Å²) in [6.45, 7) is 1.24. The first-order chi connectivity index (χ1) is 14.2. The summed E-state index contributed by atoms with van der Waals surface area (Å²) in [4.78, 5) is 14.3. The van der Waals surface area contributed by atoms with Gasteiger partial charge >= 0.3 is 0 Å². The number of likely N-dealkylation sites (N-methyl/N-ethyl adjacent to an activating group) is 1. The van der Waals surface area contributed by atoms with Crippen molar-refractivity contribution in [2.75, 3.05) is 7.05 Å². The molecule has 0 spiro atoms. The second kappa shape index (κ2) is 8.57. The molecule has 4 rings (SSSR count). The SMILES string of the molecule is CN(Cc1cnn(Cc2ccccc2)c1)C(=O)C=Cc1cccc2ccccc12. The molecule has 4 aromatic rings. The van der Waals surface area contributed by atoms with Crippen LogP contribution in [0.25, 0.3) is 16.8 Å². The van der Waals surface area contributed by atoms with Gasteiger partial charge in [0.1, 0.15) is 0 Å². The van der Waals surface area contributed by atoms with Crippen molar-refractivity contribution in [1.82, 2.24) is 14.7 Å². The van der Waals surface area contributed by atoms with E-state index in [1.54, 1.807) is 11.0 Å². The van der Waals surface area contributed by atoms with Crippen molar-refractivity contribution in [3.8, 4) is 0 Å². The van der Waals surface area contributed by atoms with Gasteiger partial charge in [-0.1, -0.05) is 72.8 Å². The van der Waals surface area contributed by atoms with Gasteiger partial charge in [0.05, 0.1) is 12.7 Å². The van der Waals surface area contributed by atoms with Crippen molar-refractivity contribution in [3.63, 3.8) is 0 Å². The predicted octanol–water partition coefficient (Wildman–Crippen LogP) is 4.76. The predicted molar refractivity (Wildman–Crippen MR) is 117 cm³/mol. The molecule has 0 unspecified atom stereocenters. The summed E-state index contributed by atoms with van der Waals surface area (Å²) >= 11 is 0. The molecule has 0 aliphatic rings. The molecule has 1 aromatic heterocycles. The number of hydrogen-bond acceptors (Lipinski definition) is 2. The summed E-state index contributed by atoms with van der Waals surface area (Å²) in [5, 5.41) is 6.72. The maximum Gasteiger partial charge on any atom is 0.246 e. The van der Waals surface area contributed by atoms with E-state index in [1.165, 1.54) is 10.9 Å². The first-order valence-electron chi connectivity index (χ1n) is 9.65. The number of carbonyl (C=O) groups excluding carboxylic acids is 1. The number of aromatic nitrogens is 2. The Morgan fingerprint density at radius 2 is 1.72 bits per heavy atom. The van der Waals surface area contributed by atoms with Gasteiger partial charge in [-0.25, -0.2) is 0 Å². The van der Waals surface area contributed by atoms with Gasteiger partial charge in [-0.3, -0.25) is 9.48 Å². The minimum Gasteiger partial charge on any atom is -0.338 e. The van der Waals surface area contributed by atoms with E-state index in [-0.39, 0.29) is 5.91 Å². The van der Waals surface area contributed by atoms with Crippen LogP contribution in [0.1, 0.15) is 16.7 Å². The van der Waals surface area contributed by atoms with Crippen molar-refractivity contribution in [1.29, 1.82) is 0 Å². The first kappa shape index (κ1) is 18.7. The van der Waals surface area contributed by atoms with Gasteiger partial charge in [0.25, 0.3) is 0 Å².